The Labute approximate surface area is 82.9 Å². The van der Waals surface area contributed by atoms with Crippen molar-refractivity contribution in [3.8, 4) is 0 Å². The van der Waals surface area contributed by atoms with Crippen LogP contribution in [0.25, 0.3) is 6.08 Å². The molecule has 0 saturated heterocycles. The monoisotopic (exact) mass is 194 g/mol. The molecule has 0 atom stereocenters. The van der Waals surface area contributed by atoms with E-state index in [9.17, 15) is 0 Å². The van der Waals surface area contributed by atoms with E-state index in [2.05, 4.69) is 43.1 Å². The Bertz CT molecular complexity index is 339. The van der Waals surface area contributed by atoms with Crippen LogP contribution in [-0.2, 0) is 6.54 Å². The van der Waals surface area contributed by atoms with Crippen LogP contribution in [0.2, 0.25) is 0 Å². The van der Waals surface area contributed by atoms with Crippen molar-refractivity contribution in [2.45, 2.75) is 26.3 Å². The van der Waals surface area contributed by atoms with E-state index < -0.39 is 0 Å². The molecule has 0 bridgehead atoms. The first-order chi connectivity index (χ1) is 6.16. The number of hydrogen-bond acceptors (Lipinski definition) is 3. The van der Waals surface area contributed by atoms with Crippen molar-refractivity contribution in [3.05, 3.63) is 21.8 Å². The highest BCUT2D eigenvalue weighted by Gasteiger charge is 2.14. The first-order valence-corrected chi connectivity index (χ1v) is 5.36. The second-order valence-electron chi connectivity index (χ2n) is 3.75. The van der Waals surface area contributed by atoms with Crippen LogP contribution in [0.3, 0.4) is 0 Å². The third kappa shape index (κ3) is 1.61. The van der Waals surface area contributed by atoms with Gasteiger partial charge in [-0.05, 0) is 6.08 Å². The van der Waals surface area contributed by atoms with Crippen LogP contribution in [0.4, 0.5) is 0 Å². The Morgan fingerprint density at radius 1 is 1.54 bits per heavy atom. The van der Waals surface area contributed by atoms with Gasteiger partial charge in [0.05, 0.1) is 22.1 Å². The summed E-state index contributed by atoms with van der Waals surface area (Å²) in [6, 6.07) is 0. The zero-order chi connectivity index (χ0) is 9.42. The van der Waals surface area contributed by atoms with Crippen molar-refractivity contribution in [3.63, 3.8) is 0 Å². The normalized spacial score (nSPS) is 15.2. The smallest absolute Gasteiger partial charge is 0.0961 e. The Balaban J connectivity index is 2.36. The Kier molecular flexibility index (Phi) is 2.12. The van der Waals surface area contributed by atoms with Crippen molar-refractivity contribution < 1.29 is 0 Å². The summed E-state index contributed by atoms with van der Waals surface area (Å²) in [4.78, 5) is 8.17. The fourth-order valence-electron chi connectivity index (χ4n) is 1.35. The standard InChI is InChI=1S/C10H14N2S/c1-7(2)10-11-8-4-5-12(3)6-9(8)13-10/h4-5,7H,6H2,1-3H3. The molecule has 0 unspecified atom stereocenters. The van der Waals surface area contributed by atoms with E-state index in [1.54, 1.807) is 0 Å². The molecule has 0 spiro atoms. The molecule has 2 nitrogen and oxygen atoms in total. The molecule has 0 saturated carbocycles. The lowest BCUT2D eigenvalue weighted by atomic mass is 10.2. The van der Waals surface area contributed by atoms with Crippen molar-refractivity contribution in [2.24, 2.45) is 0 Å². The number of nitrogens with zero attached hydrogens (tertiary/aromatic N) is 2. The van der Waals surface area contributed by atoms with Crippen LogP contribution in [-0.4, -0.2) is 16.9 Å². The minimum atomic E-state index is 0.550. The highest BCUT2D eigenvalue weighted by molar-refractivity contribution is 7.11. The zero-order valence-corrected chi connectivity index (χ0v) is 9.06. The summed E-state index contributed by atoms with van der Waals surface area (Å²) in [5.74, 6) is 0.550. The van der Waals surface area contributed by atoms with Gasteiger partial charge in [0.2, 0.25) is 0 Å². The second-order valence-corrected chi connectivity index (χ2v) is 4.86. The molecule has 0 amide bonds. The van der Waals surface area contributed by atoms with Crippen LogP contribution in [0, 0.1) is 0 Å². The molecule has 13 heavy (non-hydrogen) atoms. The Morgan fingerprint density at radius 2 is 2.31 bits per heavy atom. The number of aromatic nitrogens is 1. The molecule has 0 radical (unpaired) electrons. The molecule has 1 aliphatic rings. The summed E-state index contributed by atoms with van der Waals surface area (Å²) in [6.07, 6.45) is 4.19. The predicted molar refractivity (Wildman–Crippen MR) is 56.7 cm³/mol. The topological polar surface area (TPSA) is 16.1 Å². The zero-order valence-electron chi connectivity index (χ0n) is 8.24. The minimum Gasteiger partial charge on any atom is -0.375 e. The first kappa shape index (κ1) is 8.75. The third-order valence-electron chi connectivity index (χ3n) is 2.12. The van der Waals surface area contributed by atoms with E-state index in [1.807, 2.05) is 11.3 Å². The van der Waals surface area contributed by atoms with Crippen LogP contribution < -0.4 is 0 Å². The molecule has 1 aromatic heterocycles. The highest BCUT2D eigenvalue weighted by atomic mass is 32.1. The molecule has 2 rings (SSSR count). The van der Waals surface area contributed by atoms with Crippen LogP contribution in [0.15, 0.2) is 6.20 Å². The van der Waals surface area contributed by atoms with Gasteiger partial charge in [0.1, 0.15) is 0 Å². The van der Waals surface area contributed by atoms with Crippen molar-refractivity contribution in [1.82, 2.24) is 9.88 Å². The maximum atomic E-state index is 4.59. The SMILES string of the molecule is CC(C)c1nc2c(s1)CN(C)C=C2. The van der Waals surface area contributed by atoms with Crippen LogP contribution in [0.1, 0.15) is 35.3 Å². The number of hydrogen-bond donors (Lipinski definition) is 0. The van der Waals surface area contributed by atoms with Crippen molar-refractivity contribution in [1.29, 1.82) is 0 Å². The Hall–Kier alpha value is -0.830. The summed E-state index contributed by atoms with van der Waals surface area (Å²) < 4.78 is 0. The van der Waals surface area contributed by atoms with Gasteiger partial charge in [-0.3, -0.25) is 0 Å². The maximum Gasteiger partial charge on any atom is 0.0961 e. The quantitative estimate of drug-likeness (QED) is 0.683. The highest BCUT2D eigenvalue weighted by Crippen LogP contribution is 2.28. The van der Waals surface area contributed by atoms with Gasteiger partial charge in [0.15, 0.2) is 0 Å². The van der Waals surface area contributed by atoms with Gasteiger partial charge < -0.3 is 4.90 Å². The summed E-state index contributed by atoms with van der Waals surface area (Å²) in [7, 11) is 2.09. The van der Waals surface area contributed by atoms with E-state index >= 15 is 0 Å². The molecule has 0 fully saturated rings. The lowest BCUT2D eigenvalue weighted by molar-refractivity contribution is 0.452. The van der Waals surface area contributed by atoms with Crippen molar-refractivity contribution in [2.75, 3.05) is 7.05 Å². The van der Waals surface area contributed by atoms with E-state index in [-0.39, 0.29) is 0 Å². The summed E-state index contributed by atoms with van der Waals surface area (Å²) in [5.41, 5.74) is 1.17. The van der Waals surface area contributed by atoms with Gasteiger partial charge in [-0.2, -0.15) is 0 Å². The first-order valence-electron chi connectivity index (χ1n) is 4.55. The summed E-state index contributed by atoms with van der Waals surface area (Å²) >= 11 is 1.84. The number of thiazole rings is 1. The maximum absolute atomic E-state index is 4.59. The Morgan fingerprint density at radius 3 is 3.00 bits per heavy atom. The van der Waals surface area contributed by atoms with Gasteiger partial charge in [-0.15, -0.1) is 11.3 Å². The van der Waals surface area contributed by atoms with Crippen LogP contribution >= 0.6 is 11.3 Å². The summed E-state index contributed by atoms with van der Waals surface area (Å²) in [6.45, 7) is 5.39. The van der Waals surface area contributed by atoms with E-state index in [4.69, 9.17) is 0 Å². The van der Waals surface area contributed by atoms with Gasteiger partial charge >= 0.3 is 0 Å². The van der Waals surface area contributed by atoms with Gasteiger partial charge in [-0.25, -0.2) is 4.98 Å². The number of fused-ring (bicyclic) bond motifs is 1. The molecular formula is C10H14N2S. The fourth-order valence-corrected chi connectivity index (χ4v) is 2.47. The fraction of sp³-hybridized carbons (Fsp3) is 0.500. The van der Waals surface area contributed by atoms with Crippen molar-refractivity contribution >= 4 is 17.4 Å². The molecule has 70 valence electrons. The molecule has 0 aliphatic carbocycles. The molecule has 0 aromatic carbocycles. The van der Waals surface area contributed by atoms with Gasteiger partial charge in [0, 0.05) is 19.2 Å². The molecule has 3 heteroatoms. The second kappa shape index (κ2) is 3.14. The average molecular weight is 194 g/mol. The molecule has 0 N–H and O–H groups in total. The van der Waals surface area contributed by atoms with E-state index in [0.29, 0.717) is 5.92 Å². The minimum absolute atomic E-state index is 0.550. The number of rotatable bonds is 1. The molecular weight excluding hydrogens is 180 g/mol. The molecule has 2 heterocycles. The van der Waals surface area contributed by atoms with Gasteiger partial charge in [0.25, 0.3) is 0 Å². The van der Waals surface area contributed by atoms with E-state index in [1.165, 1.54) is 15.6 Å². The molecule has 1 aromatic rings. The lowest BCUT2D eigenvalue weighted by Gasteiger charge is -2.16. The third-order valence-corrected chi connectivity index (χ3v) is 3.47. The van der Waals surface area contributed by atoms with Gasteiger partial charge in [-0.1, -0.05) is 13.8 Å². The summed E-state index contributed by atoms with van der Waals surface area (Å²) in [5, 5.41) is 1.25. The van der Waals surface area contributed by atoms with E-state index in [0.717, 1.165) is 6.54 Å². The van der Waals surface area contributed by atoms with Crippen LogP contribution in [0.5, 0.6) is 0 Å². The average Bonchev–Trinajstić information content (AvgIpc) is 2.46. The largest absolute Gasteiger partial charge is 0.375 e. The molecule has 1 aliphatic heterocycles. The predicted octanol–water partition coefficient (Wildman–Crippen LogP) is 2.68. The lowest BCUT2D eigenvalue weighted by Crippen LogP contribution is -2.12.